The smallest absolute Gasteiger partial charge is 0.254 e. The molecule has 0 aliphatic heterocycles. The van der Waals surface area contributed by atoms with E-state index in [4.69, 9.17) is 0 Å². The molecule has 2 radical (unpaired) electrons. The van der Waals surface area contributed by atoms with Gasteiger partial charge in [-0.2, -0.15) is 58.8 Å². The summed E-state index contributed by atoms with van der Waals surface area (Å²) in [5, 5.41) is 45.4. The molecule has 0 saturated carbocycles. The Bertz CT molecular complexity index is 1940. The van der Waals surface area contributed by atoms with Crippen molar-refractivity contribution in [3.63, 3.8) is 0 Å². The largest absolute Gasteiger partial charge is 0.505 e. The average molecular weight is 907 g/mol. The fraction of sp³-hybridized carbons (Fsp3) is 0.227. The first-order chi connectivity index (χ1) is 26.4. The van der Waals surface area contributed by atoms with E-state index in [1.165, 1.54) is 14.1 Å². The number of aromatic hydroxyl groups is 2. The van der Waals surface area contributed by atoms with E-state index in [1.54, 1.807) is 36.4 Å². The molecule has 0 aliphatic rings. The van der Waals surface area contributed by atoms with Crippen LogP contribution in [0.15, 0.2) is 130 Å². The third-order valence-electron chi connectivity index (χ3n) is 6.83. The Labute approximate surface area is 382 Å². The van der Waals surface area contributed by atoms with Crippen molar-refractivity contribution >= 4 is 56.1 Å². The number of carbonyl (C=O) groups is 2. The summed E-state index contributed by atoms with van der Waals surface area (Å²) >= 11 is 0. The zero-order valence-corrected chi connectivity index (χ0v) is 39.7. The number of nitrogens with one attached hydrogen (secondary N) is 2. The van der Waals surface area contributed by atoms with Crippen LogP contribution >= 0.6 is 0 Å². The molecule has 0 atom stereocenters. The van der Waals surface area contributed by atoms with Crippen LogP contribution in [0, 0.1) is 12.1 Å². The van der Waals surface area contributed by atoms with Crippen molar-refractivity contribution < 1.29 is 85.2 Å². The Morgan fingerprint density at radius 2 is 0.821 bits per heavy atom. The van der Waals surface area contributed by atoms with E-state index >= 15 is 0 Å². The summed E-state index contributed by atoms with van der Waals surface area (Å²) in [5.41, 5.74) is 1.94. The third-order valence-corrected chi connectivity index (χ3v) is 6.83. The van der Waals surface area contributed by atoms with Gasteiger partial charge in [0.05, 0.1) is 11.1 Å². The Hall–Kier alpha value is -4.21. The maximum atomic E-state index is 12.0. The Morgan fingerprint density at radius 3 is 1.12 bits per heavy atom. The fourth-order valence-corrected chi connectivity index (χ4v) is 4.55. The molecule has 290 valence electrons. The maximum Gasteiger partial charge on any atom is 0.254 e. The zero-order chi connectivity index (χ0) is 40.5. The zero-order valence-electron chi connectivity index (χ0n) is 34.0. The molecular formula is C44H52N6O4Y2-2. The van der Waals surface area contributed by atoms with Gasteiger partial charge in [0, 0.05) is 90.3 Å². The van der Waals surface area contributed by atoms with Gasteiger partial charge in [-0.05, 0) is 34.3 Å². The minimum Gasteiger partial charge on any atom is -0.505 e. The number of hydrogen-bond acceptors (Lipinski definition) is 8. The number of phenols is 2. The first-order valence-corrected chi connectivity index (χ1v) is 18.1. The Morgan fingerprint density at radius 1 is 0.500 bits per heavy atom. The van der Waals surface area contributed by atoms with Crippen LogP contribution in [0.25, 0.3) is 21.5 Å². The SMILES string of the molecule is CC.CC.CC.CC.CNC(=O)c1cc2ccccc2c(N=Nc2[c-]cccc2)c1O.CNC(=O)c1cc2ccccc2c(N=Nc2[c-]cccc2)c1O.[Y].[Y]. The Kier molecular flexibility index (Phi) is 29.8. The number of phenolic OH excluding ortho intramolecular Hbond substituents is 2. The van der Waals surface area contributed by atoms with E-state index in [2.05, 4.69) is 43.2 Å². The van der Waals surface area contributed by atoms with E-state index in [0.29, 0.717) is 11.4 Å². The molecule has 0 unspecified atom stereocenters. The maximum absolute atomic E-state index is 12.0. The van der Waals surface area contributed by atoms with Crippen molar-refractivity contribution in [2.45, 2.75) is 55.4 Å². The second kappa shape index (κ2) is 30.9. The average Bonchev–Trinajstić information content (AvgIpc) is 3.26. The number of azo groups is 2. The number of hydrogen-bond donors (Lipinski definition) is 4. The second-order valence-corrected chi connectivity index (χ2v) is 9.74. The van der Waals surface area contributed by atoms with Gasteiger partial charge >= 0.3 is 0 Å². The molecule has 0 fully saturated rings. The molecule has 0 spiro atoms. The van der Waals surface area contributed by atoms with E-state index in [-0.39, 0.29) is 111 Å². The summed E-state index contributed by atoms with van der Waals surface area (Å²) < 4.78 is 0. The minimum atomic E-state index is -0.379. The summed E-state index contributed by atoms with van der Waals surface area (Å²) in [7, 11) is 3.02. The van der Waals surface area contributed by atoms with Crippen LogP contribution in [0.4, 0.5) is 22.7 Å². The molecule has 4 N–H and O–H groups in total. The van der Waals surface area contributed by atoms with Crippen LogP contribution in [0.3, 0.4) is 0 Å². The van der Waals surface area contributed by atoms with Gasteiger partial charge in [0.25, 0.3) is 11.8 Å². The molecule has 0 aliphatic carbocycles. The van der Waals surface area contributed by atoms with Crippen molar-refractivity contribution in [2.24, 2.45) is 20.5 Å². The summed E-state index contributed by atoms with van der Waals surface area (Å²) in [6.07, 6.45) is 0. The number of benzene rings is 6. The van der Waals surface area contributed by atoms with E-state index in [9.17, 15) is 19.8 Å². The van der Waals surface area contributed by atoms with Gasteiger partial charge in [-0.25, -0.2) is 0 Å². The molecule has 2 amide bonds. The van der Waals surface area contributed by atoms with Gasteiger partial charge in [-0.1, -0.05) is 104 Å². The first-order valence-electron chi connectivity index (χ1n) is 18.1. The van der Waals surface area contributed by atoms with Gasteiger partial charge in [-0.3, -0.25) is 9.59 Å². The van der Waals surface area contributed by atoms with Crippen LogP contribution in [0.2, 0.25) is 0 Å². The van der Waals surface area contributed by atoms with Crippen LogP contribution < -0.4 is 10.6 Å². The van der Waals surface area contributed by atoms with Gasteiger partial charge in [0.2, 0.25) is 0 Å². The first kappa shape index (κ1) is 53.9. The van der Waals surface area contributed by atoms with Gasteiger partial charge < -0.3 is 20.8 Å². The summed E-state index contributed by atoms with van der Waals surface area (Å²) in [5.74, 6) is -1.14. The van der Waals surface area contributed by atoms with E-state index in [1.807, 2.05) is 128 Å². The molecule has 56 heavy (non-hydrogen) atoms. The quantitative estimate of drug-likeness (QED) is 0.0973. The molecule has 10 nitrogen and oxygen atoms in total. The predicted molar refractivity (Wildman–Crippen MR) is 222 cm³/mol. The van der Waals surface area contributed by atoms with Crippen LogP contribution in [-0.2, 0) is 65.4 Å². The normalized spacial score (nSPS) is 9.46. The van der Waals surface area contributed by atoms with Crippen LogP contribution in [0.5, 0.6) is 11.5 Å². The number of nitrogens with zero attached hydrogens (tertiary/aromatic N) is 4. The molecule has 12 heteroatoms. The second-order valence-electron chi connectivity index (χ2n) is 9.74. The van der Waals surface area contributed by atoms with E-state index in [0.717, 1.165) is 21.5 Å². The van der Waals surface area contributed by atoms with Gasteiger partial charge in [0.1, 0.15) is 11.4 Å². The monoisotopic (exact) mass is 906 g/mol. The summed E-state index contributed by atoms with van der Waals surface area (Å²) in [4.78, 5) is 23.9. The number of rotatable bonds is 6. The molecular weight excluding hydrogens is 854 g/mol. The summed E-state index contributed by atoms with van der Waals surface area (Å²) in [6, 6.07) is 38.2. The van der Waals surface area contributed by atoms with Crippen molar-refractivity contribution in [2.75, 3.05) is 14.1 Å². The van der Waals surface area contributed by atoms with Crippen molar-refractivity contribution in [1.82, 2.24) is 10.6 Å². The van der Waals surface area contributed by atoms with Crippen molar-refractivity contribution in [3.8, 4) is 11.5 Å². The van der Waals surface area contributed by atoms with Crippen molar-refractivity contribution in [1.29, 1.82) is 0 Å². The fourth-order valence-electron chi connectivity index (χ4n) is 4.55. The summed E-state index contributed by atoms with van der Waals surface area (Å²) in [6.45, 7) is 16.0. The molecule has 0 saturated heterocycles. The number of amides is 2. The molecule has 0 aromatic heterocycles. The van der Waals surface area contributed by atoms with Crippen LogP contribution in [0.1, 0.15) is 76.1 Å². The van der Waals surface area contributed by atoms with Gasteiger partial charge in [-0.15, -0.1) is 22.4 Å². The minimum absolute atomic E-state index is 0. The standard InChI is InChI=1S/2C18H14N3O2.4C2H6.2Y/c2*1-19-18(23)15-11-12-7-5-6-10-14(12)16(17(15)22)21-20-13-8-3-2-4-9-13;4*1-2;;/h2*2-8,10-11,22H,1H3,(H,19,23);4*1-2H3;;/q2*-1;;;;;;. The third kappa shape index (κ3) is 15.4. The topological polar surface area (TPSA) is 148 Å². The molecule has 6 rings (SSSR count). The Balaban J connectivity index is 0. The van der Waals surface area contributed by atoms with E-state index < -0.39 is 0 Å². The number of carbonyl (C=O) groups excluding carboxylic acids is 2. The predicted octanol–water partition coefficient (Wildman–Crippen LogP) is 12.3. The molecule has 0 bridgehead atoms. The van der Waals surface area contributed by atoms with Gasteiger partial charge in [0.15, 0.2) is 11.5 Å². The number of fused-ring (bicyclic) bond motifs is 2. The molecule has 6 aromatic rings. The van der Waals surface area contributed by atoms with Crippen LogP contribution in [-0.4, -0.2) is 36.1 Å². The van der Waals surface area contributed by atoms with Crippen molar-refractivity contribution in [3.05, 3.63) is 132 Å². The molecule has 6 aromatic carbocycles. The molecule has 0 heterocycles.